The minimum absolute atomic E-state index is 0.663. The lowest BCUT2D eigenvalue weighted by Gasteiger charge is -2.23. The van der Waals surface area contributed by atoms with Gasteiger partial charge in [-0.05, 0) is 38.3 Å². The minimum atomic E-state index is 0.663. The van der Waals surface area contributed by atoms with Crippen LogP contribution in [0.2, 0.25) is 0 Å². The summed E-state index contributed by atoms with van der Waals surface area (Å²) in [6.45, 7) is 4.65. The van der Waals surface area contributed by atoms with E-state index in [1.54, 1.807) is 5.54 Å². The Morgan fingerprint density at radius 2 is 2.43 bits per heavy atom. The van der Waals surface area contributed by atoms with Crippen LogP contribution in [0.5, 0.6) is 0 Å². The quantitative estimate of drug-likeness (QED) is 0.715. The van der Waals surface area contributed by atoms with E-state index in [0.717, 1.165) is 18.6 Å². The molecular formula is C11H20ClNO. The second-order valence-electron chi connectivity index (χ2n) is 3.94. The van der Waals surface area contributed by atoms with Crippen LogP contribution in [0.4, 0.5) is 0 Å². The Hall–Kier alpha value is -0.0500. The van der Waals surface area contributed by atoms with Crippen molar-refractivity contribution in [2.45, 2.75) is 38.6 Å². The molecule has 1 N–H and O–H groups in total. The molecule has 1 heterocycles. The summed E-state index contributed by atoms with van der Waals surface area (Å²) in [4.78, 5) is 0. The first-order chi connectivity index (χ1) is 6.83. The highest BCUT2D eigenvalue weighted by Crippen LogP contribution is 2.10. The normalized spacial score (nSPS) is 23.9. The zero-order valence-corrected chi connectivity index (χ0v) is 9.65. The second kappa shape index (κ2) is 7.27. The summed E-state index contributed by atoms with van der Waals surface area (Å²) in [5.74, 6) is 0. The molecule has 1 aliphatic rings. The van der Waals surface area contributed by atoms with Crippen molar-refractivity contribution < 1.29 is 4.74 Å². The molecule has 14 heavy (non-hydrogen) atoms. The number of hydrogen-bond acceptors (Lipinski definition) is 2. The van der Waals surface area contributed by atoms with Gasteiger partial charge in [0.15, 0.2) is 0 Å². The molecule has 1 rings (SSSR count). The summed E-state index contributed by atoms with van der Waals surface area (Å²) in [5, 5.41) is 3.50. The Morgan fingerprint density at radius 1 is 1.57 bits per heavy atom. The highest BCUT2D eigenvalue weighted by molar-refractivity contribution is 6.25. The van der Waals surface area contributed by atoms with Crippen molar-refractivity contribution >= 4 is 11.6 Å². The summed E-state index contributed by atoms with van der Waals surface area (Å²) < 4.78 is 5.50. The first-order valence-corrected chi connectivity index (χ1v) is 5.83. The number of piperidine rings is 1. The molecule has 0 aromatic rings. The molecule has 3 heteroatoms. The number of hydrogen-bond donors (Lipinski definition) is 1. The molecule has 0 amide bonds. The molecule has 2 nitrogen and oxygen atoms in total. The highest BCUT2D eigenvalue weighted by Gasteiger charge is 2.11. The fraction of sp³-hybridized carbons (Fsp3) is 0.818. The Bertz CT molecular complexity index is 176. The maximum Gasteiger partial charge on any atom is 0.0685 e. The van der Waals surface area contributed by atoms with Gasteiger partial charge in [-0.25, -0.2) is 0 Å². The fourth-order valence-corrected chi connectivity index (χ4v) is 1.72. The zero-order chi connectivity index (χ0) is 10.2. The molecular weight excluding hydrogens is 198 g/mol. The van der Waals surface area contributed by atoms with Gasteiger partial charge in [-0.3, -0.25) is 0 Å². The van der Waals surface area contributed by atoms with E-state index in [1.165, 1.54) is 25.8 Å². The summed E-state index contributed by atoms with van der Waals surface area (Å²) in [5.41, 5.74) is 2.67. The van der Waals surface area contributed by atoms with Crippen LogP contribution in [-0.4, -0.2) is 25.8 Å². The van der Waals surface area contributed by atoms with E-state index in [9.17, 15) is 0 Å². The van der Waals surface area contributed by atoms with Gasteiger partial charge in [0.05, 0.1) is 6.61 Å². The van der Waals surface area contributed by atoms with Crippen molar-refractivity contribution in [3.63, 3.8) is 0 Å². The molecule has 0 aromatic carbocycles. The predicted molar refractivity (Wildman–Crippen MR) is 60.7 cm³/mol. The average Bonchev–Trinajstić information content (AvgIpc) is 2.25. The molecule has 82 valence electrons. The summed E-state index contributed by atoms with van der Waals surface area (Å²) >= 11 is 5.53. The van der Waals surface area contributed by atoms with Crippen LogP contribution in [0, 0.1) is 0 Å². The van der Waals surface area contributed by atoms with Gasteiger partial charge in [-0.15, -0.1) is 0 Å². The van der Waals surface area contributed by atoms with Gasteiger partial charge in [0.1, 0.15) is 0 Å². The number of halogens is 1. The van der Waals surface area contributed by atoms with Crippen molar-refractivity contribution in [1.82, 2.24) is 5.32 Å². The lowest BCUT2D eigenvalue weighted by molar-refractivity contribution is 0.140. The molecule has 0 aromatic heterocycles. The predicted octanol–water partition coefficient (Wildman–Crippen LogP) is 2.68. The van der Waals surface area contributed by atoms with Crippen molar-refractivity contribution in [2.75, 3.05) is 19.8 Å². The minimum Gasteiger partial charge on any atom is -0.377 e. The summed E-state index contributed by atoms with van der Waals surface area (Å²) in [7, 11) is 0. The molecule has 0 aliphatic carbocycles. The number of rotatable bonds is 5. The Labute approximate surface area is 91.7 Å². The van der Waals surface area contributed by atoms with Crippen LogP contribution in [-0.2, 0) is 4.74 Å². The van der Waals surface area contributed by atoms with E-state index >= 15 is 0 Å². The summed E-state index contributed by atoms with van der Waals surface area (Å²) in [6.07, 6.45) is 5.10. The van der Waals surface area contributed by atoms with E-state index in [4.69, 9.17) is 16.3 Å². The van der Waals surface area contributed by atoms with Crippen molar-refractivity contribution in [1.29, 1.82) is 0 Å². The van der Waals surface area contributed by atoms with Gasteiger partial charge >= 0.3 is 0 Å². The number of nitrogens with one attached hydrogen (secondary N) is 1. The van der Waals surface area contributed by atoms with Crippen LogP contribution >= 0.6 is 11.6 Å². The molecule has 0 radical (unpaired) electrons. The highest BCUT2D eigenvalue weighted by atomic mass is 35.5. The van der Waals surface area contributed by atoms with Crippen LogP contribution in [0.3, 0.4) is 0 Å². The molecule has 0 bridgehead atoms. The van der Waals surface area contributed by atoms with Crippen LogP contribution in [0.25, 0.3) is 0 Å². The number of ether oxygens (including phenoxy) is 1. The standard InChI is InChI=1S/C11H20ClNO/c1-10(8-12)9-14-7-5-11-4-2-3-6-13-11/h8,11,13H,2-7,9H2,1H3. The van der Waals surface area contributed by atoms with Crippen molar-refractivity contribution in [3.8, 4) is 0 Å². The van der Waals surface area contributed by atoms with Crippen LogP contribution < -0.4 is 5.32 Å². The molecule has 1 unspecified atom stereocenters. The van der Waals surface area contributed by atoms with E-state index in [1.807, 2.05) is 6.92 Å². The fourth-order valence-electron chi connectivity index (χ4n) is 1.66. The largest absolute Gasteiger partial charge is 0.377 e. The maximum absolute atomic E-state index is 5.53. The Balaban J connectivity index is 1.97. The first kappa shape index (κ1) is 12.0. The van der Waals surface area contributed by atoms with Gasteiger partial charge in [0, 0.05) is 18.2 Å². The average molecular weight is 218 g/mol. The third kappa shape index (κ3) is 4.99. The van der Waals surface area contributed by atoms with Crippen molar-refractivity contribution in [3.05, 3.63) is 11.1 Å². The van der Waals surface area contributed by atoms with E-state index in [0.29, 0.717) is 12.6 Å². The topological polar surface area (TPSA) is 21.3 Å². The Kier molecular flexibility index (Phi) is 6.24. The van der Waals surface area contributed by atoms with Gasteiger partial charge in [0.2, 0.25) is 0 Å². The second-order valence-corrected chi connectivity index (χ2v) is 4.16. The third-order valence-electron chi connectivity index (χ3n) is 2.54. The molecule has 1 saturated heterocycles. The van der Waals surface area contributed by atoms with E-state index < -0.39 is 0 Å². The molecule has 1 atom stereocenters. The van der Waals surface area contributed by atoms with Gasteiger partial charge in [-0.2, -0.15) is 0 Å². The monoisotopic (exact) mass is 217 g/mol. The molecule has 0 saturated carbocycles. The lowest BCUT2D eigenvalue weighted by Crippen LogP contribution is -2.34. The first-order valence-electron chi connectivity index (χ1n) is 5.40. The van der Waals surface area contributed by atoms with Gasteiger partial charge in [-0.1, -0.05) is 18.0 Å². The van der Waals surface area contributed by atoms with Gasteiger partial charge < -0.3 is 10.1 Å². The molecule has 1 aliphatic heterocycles. The molecule has 1 fully saturated rings. The van der Waals surface area contributed by atoms with Crippen LogP contribution in [0.15, 0.2) is 11.1 Å². The van der Waals surface area contributed by atoms with Crippen LogP contribution in [0.1, 0.15) is 32.6 Å². The lowest BCUT2D eigenvalue weighted by atomic mass is 10.0. The van der Waals surface area contributed by atoms with E-state index in [2.05, 4.69) is 5.32 Å². The smallest absolute Gasteiger partial charge is 0.0685 e. The van der Waals surface area contributed by atoms with E-state index in [-0.39, 0.29) is 0 Å². The SMILES string of the molecule is CC(=CCl)COCCC1CCCCN1. The zero-order valence-electron chi connectivity index (χ0n) is 8.89. The maximum atomic E-state index is 5.53. The third-order valence-corrected chi connectivity index (χ3v) is 2.91. The molecule has 0 spiro atoms. The Morgan fingerprint density at radius 3 is 3.07 bits per heavy atom. The van der Waals surface area contributed by atoms with Crippen molar-refractivity contribution in [2.24, 2.45) is 0 Å². The van der Waals surface area contributed by atoms with Gasteiger partial charge in [0.25, 0.3) is 0 Å². The summed E-state index contributed by atoms with van der Waals surface area (Å²) in [6, 6.07) is 0.670.